The Kier molecular flexibility index (Phi) is 6.38. The highest BCUT2D eigenvalue weighted by Crippen LogP contribution is 2.37. The third-order valence-electron chi connectivity index (χ3n) is 5.77. The number of halogens is 1. The lowest BCUT2D eigenvalue weighted by molar-refractivity contribution is 0.0768. The summed E-state index contributed by atoms with van der Waals surface area (Å²) in [5.74, 6) is -1.14. The van der Waals surface area contributed by atoms with E-state index in [2.05, 4.69) is 23.1 Å². The number of anilines is 2. The Hall–Kier alpha value is -3.07. The maximum absolute atomic E-state index is 15.1. The normalized spacial score (nSPS) is 14.5. The summed E-state index contributed by atoms with van der Waals surface area (Å²) in [5, 5.41) is 9.69. The molecule has 152 valence electrons. The summed E-state index contributed by atoms with van der Waals surface area (Å²) in [4.78, 5) is 16.5. The zero-order valence-corrected chi connectivity index (χ0v) is 17.0. The van der Waals surface area contributed by atoms with Gasteiger partial charge in [-0.15, -0.1) is 0 Å². The molecule has 2 aromatic carbocycles. The van der Waals surface area contributed by atoms with Crippen LogP contribution in [0.25, 0.3) is 0 Å². The lowest BCUT2D eigenvalue weighted by Crippen LogP contribution is -2.34. The SMILES string of the molecule is CCN(CC)C(=O)c1cc(C#N)c(C2CCN(c3ccccc3)CC2)c(N)c1F. The third kappa shape index (κ3) is 4.04. The van der Waals surface area contributed by atoms with Gasteiger partial charge in [-0.2, -0.15) is 5.26 Å². The van der Waals surface area contributed by atoms with Crippen molar-refractivity contribution in [1.29, 1.82) is 5.26 Å². The van der Waals surface area contributed by atoms with E-state index in [0.29, 0.717) is 24.2 Å². The van der Waals surface area contributed by atoms with E-state index in [1.807, 2.05) is 32.0 Å². The van der Waals surface area contributed by atoms with Gasteiger partial charge in [0.2, 0.25) is 0 Å². The van der Waals surface area contributed by atoms with Gasteiger partial charge in [0.15, 0.2) is 5.82 Å². The van der Waals surface area contributed by atoms with Crippen LogP contribution in [0.4, 0.5) is 15.8 Å². The standard InChI is InChI=1S/C23H27FN4O/c1-3-27(4-2)23(29)19-14-17(15-25)20(22(26)21(19)24)16-10-12-28(13-11-16)18-8-6-5-7-9-18/h5-9,14,16H,3-4,10-13,26H2,1-2H3. The fraction of sp³-hybridized carbons (Fsp3) is 0.391. The predicted octanol–water partition coefficient (Wildman–Crippen LogP) is 4.15. The molecule has 1 heterocycles. The van der Waals surface area contributed by atoms with Crippen molar-refractivity contribution < 1.29 is 9.18 Å². The molecular weight excluding hydrogens is 367 g/mol. The highest BCUT2D eigenvalue weighted by molar-refractivity contribution is 5.96. The molecule has 0 spiro atoms. The lowest BCUT2D eigenvalue weighted by Gasteiger charge is -2.34. The molecule has 29 heavy (non-hydrogen) atoms. The van der Waals surface area contributed by atoms with Crippen LogP contribution in [0.1, 0.15) is 54.1 Å². The second kappa shape index (κ2) is 8.95. The average molecular weight is 394 g/mol. The topological polar surface area (TPSA) is 73.4 Å². The minimum absolute atomic E-state index is 0.00304. The molecule has 1 amide bonds. The molecule has 0 aromatic heterocycles. The van der Waals surface area contributed by atoms with Crippen molar-refractivity contribution in [1.82, 2.24) is 4.90 Å². The van der Waals surface area contributed by atoms with Crippen LogP contribution in [0.5, 0.6) is 0 Å². The zero-order chi connectivity index (χ0) is 21.0. The van der Waals surface area contributed by atoms with Gasteiger partial charge in [0.1, 0.15) is 0 Å². The first-order valence-corrected chi connectivity index (χ1v) is 10.1. The number of carbonyl (C=O) groups is 1. The summed E-state index contributed by atoms with van der Waals surface area (Å²) in [5.41, 5.74) is 7.98. The first-order chi connectivity index (χ1) is 14.0. The molecule has 0 bridgehead atoms. The summed E-state index contributed by atoms with van der Waals surface area (Å²) < 4.78 is 15.1. The Bertz CT molecular complexity index is 911. The lowest BCUT2D eigenvalue weighted by atomic mass is 9.84. The molecule has 2 N–H and O–H groups in total. The molecule has 1 saturated heterocycles. The molecule has 0 aliphatic carbocycles. The van der Waals surface area contributed by atoms with Crippen molar-refractivity contribution in [2.24, 2.45) is 0 Å². The number of piperidine rings is 1. The fourth-order valence-corrected chi connectivity index (χ4v) is 4.13. The molecular formula is C23H27FN4O. The van der Waals surface area contributed by atoms with Gasteiger partial charge in [-0.3, -0.25) is 4.79 Å². The number of hydrogen-bond donors (Lipinski definition) is 1. The van der Waals surface area contributed by atoms with E-state index in [4.69, 9.17) is 5.73 Å². The second-order valence-corrected chi connectivity index (χ2v) is 7.30. The number of para-hydroxylation sites is 1. The van der Waals surface area contributed by atoms with E-state index in [0.717, 1.165) is 31.6 Å². The number of amides is 1. The van der Waals surface area contributed by atoms with Gasteiger partial charge in [0.05, 0.1) is 22.9 Å². The number of benzene rings is 2. The van der Waals surface area contributed by atoms with E-state index in [1.54, 1.807) is 0 Å². The summed E-state index contributed by atoms with van der Waals surface area (Å²) in [6.07, 6.45) is 1.55. The molecule has 2 aromatic rings. The number of hydrogen-bond acceptors (Lipinski definition) is 4. The average Bonchev–Trinajstić information content (AvgIpc) is 2.77. The Labute approximate surface area is 171 Å². The Morgan fingerprint density at radius 2 is 1.86 bits per heavy atom. The number of carbonyl (C=O) groups excluding carboxylic acids is 1. The van der Waals surface area contributed by atoms with E-state index in [-0.39, 0.29) is 17.2 Å². The van der Waals surface area contributed by atoms with Crippen molar-refractivity contribution >= 4 is 17.3 Å². The van der Waals surface area contributed by atoms with E-state index in [1.165, 1.54) is 11.0 Å². The number of nitrogen functional groups attached to an aromatic ring is 1. The van der Waals surface area contributed by atoms with Gasteiger partial charge in [0.25, 0.3) is 5.91 Å². The molecule has 5 nitrogen and oxygen atoms in total. The summed E-state index contributed by atoms with van der Waals surface area (Å²) >= 11 is 0. The largest absolute Gasteiger partial charge is 0.396 e. The van der Waals surface area contributed by atoms with Gasteiger partial charge >= 0.3 is 0 Å². The molecule has 0 atom stereocenters. The van der Waals surface area contributed by atoms with Crippen LogP contribution < -0.4 is 10.6 Å². The second-order valence-electron chi connectivity index (χ2n) is 7.30. The van der Waals surface area contributed by atoms with Crippen molar-refractivity contribution in [2.75, 3.05) is 36.8 Å². The highest BCUT2D eigenvalue weighted by Gasteiger charge is 2.29. The molecule has 0 unspecified atom stereocenters. The van der Waals surface area contributed by atoms with Crippen LogP contribution in [-0.2, 0) is 0 Å². The van der Waals surface area contributed by atoms with Crippen LogP contribution in [0.2, 0.25) is 0 Å². The summed E-state index contributed by atoms with van der Waals surface area (Å²) in [7, 11) is 0. The van der Waals surface area contributed by atoms with Crippen LogP contribution in [0.15, 0.2) is 36.4 Å². The smallest absolute Gasteiger partial charge is 0.256 e. The van der Waals surface area contributed by atoms with Crippen LogP contribution in [0.3, 0.4) is 0 Å². The van der Waals surface area contributed by atoms with Gasteiger partial charge < -0.3 is 15.5 Å². The molecule has 3 rings (SSSR count). The Morgan fingerprint density at radius 3 is 2.41 bits per heavy atom. The predicted molar refractivity (Wildman–Crippen MR) is 113 cm³/mol. The maximum Gasteiger partial charge on any atom is 0.256 e. The molecule has 6 heteroatoms. The van der Waals surface area contributed by atoms with E-state index < -0.39 is 11.7 Å². The number of rotatable bonds is 5. The van der Waals surface area contributed by atoms with Gasteiger partial charge in [0, 0.05) is 31.9 Å². The Balaban J connectivity index is 1.88. The van der Waals surface area contributed by atoms with Crippen molar-refractivity contribution in [3.8, 4) is 6.07 Å². The summed E-state index contributed by atoms with van der Waals surface area (Å²) in [6, 6.07) is 13.7. The van der Waals surface area contributed by atoms with Crippen molar-refractivity contribution in [3.05, 3.63) is 58.9 Å². The fourth-order valence-electron chi connectivity index (χ4n) is 4.13. The zero-order valence-electron chi connectivity index (χ0n) is 17.0. The first kappa shape index (κ1) is 20.7. The van der Waals surface area contributed by atoms with Gasteiger partial charge in [-0.25, -0.2) is 4.39 Å². The minimum atomic E-state index is -0.707. The van der Waals surface area contributed by atoms with Crippen LogP contribution in [0, 0.1) is 17.1 Å². The van der Waals surface area contributed by atoms with Crippen molar-refractivity contribution in [2.45, 2.75) is 32.6 Å². The monoisotopic (exact) mass is 394 g/mol. The highest BCUT2D eigenvalue weighted by atomic mass is 19.1. The quantitative estimate of drug-likeness (QED) is 0.774. The van der Waals surface area contributed by atoms with Crippen LogP contribution in [-0.4, -0.2) is 37.0 Å². The summed E-state index contributed by atoms with van der Waals surface area (Å²) in [6.45, 7) is 6.22. The minimum Gasteiger partial charge on any atom is -0.396 e. The molecule has 0 saturated carbocycles. The number of nitrogens with two attached hydrogens (primary N) is 1. The maximum atomic E-state index is 15.1. The van der Waals surface area contributed by atoms with Gasteiger partial charge in [-0.1, -0.05) is 18.2 Å². The Morgan fingerprint density at radius 1 is 1.24 bits per heavy atom. The number of nitrogens with zero attached hydrogens (tertiary/aromatic N) is 3. The van der Waals surface area contributed by atoms with Crippen LogP contribution >= 0.6 is 0 Å². The third-order valence-corrected chi connectivity index (χ3v) is 5.77. The molecule has 1 aliphatic heterocycles. The molecule has 1 aliphatic rings. The molecule has 1 fully saturated rings. The van der Waals surface area contributed by atoms with Gasteiger partial charge in [-0.05, 0) is 56.4 Å². The first-order valence-electron chi connectivity index (χ1n) is 10.1. The number of nitriles is 1. The van der Waals surface area contributed by atoms with E-state index >= 15 is 4.39 Å². The van der Waals surface area contributed by atoms with E-state index in [9.17, 15) is 10.1 Å². The molecule has 0 radical (unpaired) electrons. The van der Waals surface area contributed by atoms with Crippen molar-refractivity contribution in [3.63, 3.8) is 0 Å².